The van der Waals surface area contributed by atoms with Crippen molar-refractivity contribution >= 4 is 28.5 Å². The predicted octanol–water partition coefficient (Wildman–Crippen LogP) is 2.31. The Bertz CT molecular complexity index is 1430. The number of fused-ring (bicyclic) bond motifs is 1. The monoisotopic (exact) mass is 430 g/mol. The summed E-state index contributed by atoms with van der Waals surface area (Å²) in [5.41, 5.74) is 12.3. The normalized spacial score (nSPS) is 10.8. The minimum Gasteiger partial charge on any atom is -0.382 e. The Morgan fingerprint density at radius 1 is 1.12 bits per heavy atom. The first-order valence-corrected chi connectivity index (χ1v) is 9.73. The molecule has 2 heterocycles. The highest BCUT2D eigenvalue weighted by atomic mass is 19.1. The van der Waals surface area contributed by atoms with Crippen LogP contribution in [0.5, 0.6) is 0 Å². The Kier molecular flexibility index (Phi) is 5.39. The second-order valence-electron chi connectivity index (χ2n) is 7.07. The molecule has 0 atom stereocenters. The van der Waals surface area contributed by atoms with Gasteiger partial charge in [-0.1, -0.05) is 24.3 Å². The predicted molar refractivity (Wildman–Crippen MR) is 120 cm³/mol. The Hall–Kier alpha value is -4.52. The van der Waals surface area contributed by atoms with E-state index in [9.17, 15) is 14.4 Å². The Labute approximate surface area is 182 Å². The zero-order chi connectivity index (χ0) is 22.8. The molecule has 0 fully saturated rings. The number of nitrogens with one attached hydrogen (secondary N) is 1. The molecule has 0 radical (unpaired) electrons. The second-order valence-corrected chi connectivity index (χ2v) is 7.07. The third-order valence-corrected chi connectivity index (χ3v) is 4.97. The van der Waals surface area contributed by atoms with Gasteiger partial charge in [0.05, 0.1) is 11.1 Å². The lowest BCUT2D eigenvalue weighted by Gasteiger charge is -2.15. The highest BCUT2D eigenvalue weighted by Crippen LogP contribution is 2.21. The number of nitrogens with two attached hydrogens (primary N) is 2. The van der Waals surface area contributed by atoms with Gasteiger partial charge in [-0.05, 0) is 30.7 Å². The van der Waals surface area contributed by atoms with Gasteiger partial charge in [-0.2, -0.15) is 15.2 Å². The molecular weight excluding hydrogens is 411 g/mol. The van der Waals surface area contributed by atoms with Crippen molar-refractivity contribution in [3.63, 3.8) is 0 Å². The van der Waals surface area contributed by atoms with Gasteiger partial charge in [-0.3, -0.25) is 9.36 Å². The van der Waals surface area contributed by atoms with Gasteiger partial charge in [-0.25, -0.2) is 9.37 Å². The maximum Gasteiger partial charge on any atom is 0.266 e. The lowest BCUT2D eigenvalue weighted by molar-refractivity contribution is 0.633. The molecule has 0 aliphatic rings. The summed E-state index contributed by atoms with van der Waals surface area (Å²) in [6, 6.07) is 13.8. The van der Waals surface area contributed by atoms with Crippen LogP contribution in [0.2, 0.25) is 0 Å². The van der Waals surface area contributed by atoms with Gasteiger partial charge in [-0.15, -0.1) is 0 Å². The summed E-state index contributed by atoms with van der Waals surface area (Å²) in [6.45, 7) is 1.97. The van der Waals surface area contributed by atoms with Crippen molar-refractivity contribution in [1.29, 1.82) is 5.26 Å². The van der Waals surface area contributed by atoms with Crippen LogP contribution in [0.15, 0.2) is 47.3 Å². The third-order valence-electron chi connectivity index (χ3n) is 4.97. The van der Waals surface area contributed by atoms with Crippen LogP contribution in [0, 0.1) is 24.1 Å². The fourth-order valence-electron chi connectivity index (χ4n) is 3.49. The molecular formula is C22H19FN8O. The highest BCUT2D eigenvalue weighted by Gasteiger charge is 2.17. The lowest BCUT2D eigenvalue weighted by Crippen LogP contribution is -2.26. The van der Waals surface area contributed by atoms with Crippen molar-refractivity contribution in [3.05, 3.63) is 75.6 Å². The van der Waals surface area contributed by atoms with E-state index < -0.39 is 5.82 Å². The summed E-state index contributed by atoms with van der Waals surface area (Å²) in [5, 5.41) is 12.5. The molecule has 160 valence electrons. The third kappa shape index (κ3) is 3.67. The number of benzene rings is 2. The summed E-state index contributed by atoms with van der Waals surface area (Å²) in [4.78, 5) is 25.7. The van der Waals surface area contributed by atoms with Crippen molar-refractivity contribution in [2.24, 2.45) is 0 Å². The fourth-order valence-corrected chi connectivity index (χ4v) is 3.49. The van der Waals surface area contributed by atoms with Crippen molar-refractivity contribution < 1.29 is 4.39 Å². The molecule has 32 heavy (non-hydrogen) atoms. The SMILES string of the molecule is Cc1ccc(F)c2nc(CCNc3nc(N)nc(N)c3C#N)n(-c3ccccc3)c(=O)c12. The van der Waals surface area contributed by atoms with Gasteiger partial charge in [0.25, 0.3) is 5.56 Å². The lowest BCUT2D eigenvalue weighted by atomic mass is 10.1. The van der Waals surface area contributed by atoms with E-state index in [0.29, 0.717) is 17.1 Å². The Balaban J connectivity index is 1.78. The summed E-state index contributed by atoms with van der Waals surface area (Å²) in [6.07, 6.45) is 0.224. The number of hydrogen-bond acceptors (Lipinski definition) is 8. The molecule has 0 aliphatic heterocycles. The molecule has 0 bridgehead atoms. The molecule has 0 aliphatic carbocycles. The smallest absolute Gasteiger partial charge is 0.266 e. The van der Waals surface area contributed by atoms with Crippen LogP contribution in [0.1, 0.15) is 17.0 Å². The van der Waals surface area contributed by atoms with Crippen molar-refractivity contribution in [3.8, 4) is 11.8 Å². The van der Waals surface area contributed by atoms with E-state index in [4.69, 9.17) is 11.5 Å². The van der Waals surface area contributed by atoms with Gasteiger partial charge in [0.1, 0.15) is 34.6 Å². The zero-order valence-electron chi connectivity index (χ0n) is 17.1. The minimum atomic E-state index is -0.569. The van der Waals surface area contributed by atoms with Crippen molar-refractivity contribution in [2.75, 3.05) is 23.3 Å². The minimum absolute atomic E-state index is 0.0189. The number of nitrogens with zero attached hydrogens (tertiary/aromatic N) is 5. The van der Waals surface area contributed by atoms with Gasteiger partial charge in [0.2, 0.25) is 5.95 Å². The van der Waals surface area contributed by atoms with E-state index in [1.165, 1.54) is 10.6 Å². The van der Waals surface area contributed by atoms with Crippen molar-refractivity contribution in [1.82, 2.24) is 19.5 Å². The number of anilines is 3. The van der Waals surface area contributed by atoms with E-state index in [2.05, 4.69) is 20.3 Å². The molecule has 4 aromatic rings. The maximum absolute atomic E-state index is 14.5. The topological polar surface area (TPSA) is 149 Å². The molecule has 5 N–H and O–H groups in total. The van der Waals surface area contributed by atoms with E-state index >= 15 is 0 Å². The summed E-state index contributed by atoms with van der Waals surface area (Å²) >= 11 is 0. The van der Waals surface area contributed by atoms with E-state index in [-0.39, 0.29) is 52.6 Å². The largest absolute Gasteiger partial charge is 0.382 e. The van der Waals surface area contributed by atoms with Gasteiger partial charge in [0, 0.05) is 13.0 Å². The number of nitriles is 1. The number of aromatic nitrogens is 4. The number of nitrogen functional groups attached to an aromatic ring is 2. The number of aryl methyl sites for hydroxylation is 1. The molecule has 0 amide bonds. The standard InChI is InChI=1S/C22H19FN8O/c1-12-7-8-15(23)18-17(12)21(32)31(13-5-3-2-4-6-13)16(28-18)9-10-27-20-14(11-24)19(25)29-22(26)30-20/h2-8H,9-10H2,1H3,(H5,25,26,27,29,30). The second kappa shape index (κ2) is 8.31. The van der Waals surface area contributed by atoms with Crippen LogP contribution >= 0.6 is 0 Å². The van der Waals surface area contributed by atoms with Crippen LogP contribution in [-0.2, 0) is 6.42 Å². The summed E-state index contributed by atoms with van der Waals surface area (Å²) in [5.74, 6) is -0.162. The quantitative estimate of drug-likeness (QED) is 0.437. The van der Waals surface area contributed by atoms with Gasteiger partial charge < -0.3 is 16.8 Å². The van der Waals surface area contributed by atoms with Crippen LogP contribution in [0.4, 0.5) is 22.0 Å². The molecule has 0 saturated heterocycles. The Morgan fingerprint density at radius 2 is 1.88 bits per heavy atom. The van der Waals surface area contributed by atoms with E-state index in [0.717, 1.165) is 0 Å². The first-order chi connectivity index (χ1) is 15.4. The highest BCUT2D eigenvalue weighted by molar-refractivity contribution is 5.82. The molecule has 2 aromatic carbocycles. The van der Waals surface area contributed by atoms with E-state index in [1.807, 2.05) is 12.1 Å². The average Bonchev–Trinajstić information content (AvgIpc) is 2.76. The summed E-state index contributed by atoms with van der Waals surface area (Å²) < 4.78 is 16.0. The first kappa shape index (κ1) is 20.7. The van der Waals surface area contributed by atoms with Crippen LogP contribution in [0.3, 0.4) is 0 Å². The molecule has 0 spiro atoms. The number of rotatable bonds is 5. The first-order valence-electron chi connectivity index (χ1n) is 9.73. The van der Waals surface area contributed by atoms with Crippen molar-refractivity contribution in [2.45, 2.75) is 13.3 Å². The number of para-hydroxylation sites is 1. The molecule has 0 unspecified atom stereocenters. The van der Waals surface area contributed by atoms with Crippen LogP contribution in [0.25, 0.3) is 16.6 Å². The number of halogens is 1. The maximum atomic E-state index is 14.5. The van der Waals surface area contributed by atoms with Gasteiger partial charge in [0.15, 0.2) is 5.82 Å². The molecule has 4 rings (SSSR count). The molecule has 9 nitrogen and oxygen atoms in total. The van der Waals surface area contributed by atoms with Gasteiger partial charge >= 0.3 is 0 Å². The molecule has 0 saturated carbocycles. The average molecular weight is 430 g/mol. The molecule has 10 heteroatoms. The number of hydrogen-bond donors (Lipinski definition) is 3. The van der Waals surface area contributed by atoms with E-state index in [1.54, 1.807) is 37.3 Å². The van der Waals surface area contributed by atoms with Crippen LogP contribution in [-0.4, -0.2) is 26.1 Å². The zero-order valence-corrected chi connectivity index (χ0v) is 17.1. The Morgan fingerprint density at radius 3 is 2.59 bits per heavy atom. The summed E-state index contributed by atoms with van der Waals surface area (Å²) in [7, 11) is 0. The molecule has 2 aromatic heterocycles. The van der Waals surface area contributed by atoms with Crippen LogP contribution < -0.4 is 22.3 Å². The fraction of sp³-hybridized carbons (Fsp3) is 0.136.